The van der Waals surface area contributed by atoms with E-state index in [4.69, 9.17) is 5.26 Å². The molecule has 0 aliphatic heterocycles. The van der Waals surface area contributed by atoms with Crippen LogP contribution in [-0.2, 0) is 12.8 Å². The minimum Gasteiger partial charge on any atom is -0.192 e. The molecule has 0 rings (SSSR count). The van der Waals surface area contributed by atoms with Gasteiger partial charge >= 0.3 is 9.15 Å². The third-order valence-electron chi connectivity index (χ3n) is 0.231. The predicted octanol–water partition coefficient (Wildman–Crippen LogP) is 0.307. The van der Waals surface area contributed by atoms with Crippen LogP contribution in [0.2, 0.25) is 0 Å². The molecule has 0 N–H and O–H groups in total. The summed E-state index contributed by atoms with van der Waals surface area (Å²) in [6, 6.07) is 0. The summed E-state index contributed by atoms with van der Waals surface area (Å²) >= 11 is 2.98. The summed E-state index contributed by atoms with van der Waals surface area (Å²) in [6.07, 6.45) is 0. The smallest absolute Gasteiger partial charge is 0.192 e. The third-order valence-corrected chi connectivity index (χ3v) is 2.62. The van der Waals surface area contributed by atoms with Gasteiger partial charge in [0.1, 0.15) is 10.8 Å². The van der Waals surface area contributed by atoms with E-state index in [1.807, 2.05) is 0 Å². The van der Waals surface area contributed by atoms with Gasteiger partial charge in [0, 0.05) is 0 Å². The summed E-state index contributed by atoms with van der Waals surface area (Å²) in [4.78, 5) is 0. The lowest BCUT2D eigenvalue weighted by Crippen LogP contribution is -1.87. The molecule has 0 radical (unpaired) electrons. The average Bonchev–Trinajstić information content (AvgIpc) is 1.67. The van der Waals surface area contributed by atoms with Crippen LogP contribution in [0.3, 0.4) is 0 Å². The number of rotatable bonds is 2. The molecule has 0 amide bonds. The summed E-state index contributed by atoms with van der Waals surface area (Å²) in [7, 11) is -3.74. The topological polar surface area (TPSA) is 67.2 Å². The number of nitrogens with zero attached hydrogens (tertiary/aromatic N) is 1. The fraction of sp³-hybridized carbons (Fsp3) is 0. The van der Waals surface area contributed by atoms with Crippen molar-refractivity contribution in [2.24, 2.45) is 0 Å². The molecular weight excluding hydrogens is 170 g/mol. The highest BCUT2D eigenvalue weighted by Crippen LogP contribution is 2.12. The Kier molecular flexibility index (Phi) is 3.23. The van der Waals surface area contributed by atoms with E-state index in [0.717, 1.165) is 0 Å². The van der Waals surface area contributed by atoms with Crippen LogP contribution < -0.4 is 0 Å². The molecule has 0 aromatic heterocycles. The van der Waals surface area contributed by atoms with Gasteiger partial charge in [-0.15, -0.1) is 0 Å². The zero-order chi connectivity index (χ0) is 6.62. The van der Waals surface area contributed by atoms with Crippen LogP contribution in [-0.4, -0.2) is 8.42 Å². The van der Waals surface area contributed by atoms with Gasteiger partial charge in [0.05, 0.1) is 0 Å². The summed E-state index contributed by atoms with van der Waals surface area (Å²) in [5, 5.41) is 9.07. The van der Waals surface area contributed by atoms with E-state index in [9.17, 15) is 8.42 Å². The molecule has 0 aromatic rings. The Morgan fingerprint density at radius 3 is 2.38 bits per heavy atom. The molecule has 46 valence electrons. The molecule has 0 aliphatic rings. The van der Waals surface area contributed by atoms with Crippen molar-refractivity contribution in [1.29, 1.82) is 5.26 Å². The van der Waals surface area contributed by atoms with Gasteiger partial charge in [-0.05, 0) is 12.9 Å². The second-order valence-corrected chi connectivity index (χ2v) is 4.14. The standard InChI is InChI=1S/CHNO3S3/c2-1-7-8(3,4)5-6/h6H. The monoisotopic (exact) mass is 171 g/mol. The molecule has 0 unspecified atom stereocenters. The molecule has 0 saturated carbocycles. The molecule has 7 heteroatoms. The van der Waals surface area contributed by atoms with Crippen LogP contribution in [0.1, 0.15) is 0 Å². The van der Waals surface area contributed by atoms with Crippen molar-refractivity contribution in [1.82, 2.24) is 0 Å². The first-order valence-electron chi connectivity index (χ1n) is 1.28. The van der Waals surface area contributed by atoms with Gasteiger partial charge in [-0.1, -0.05) is 0 Å². The van der Waals surface area contributed by atoms with E-state index in [1.165, 1.54) is 5.40 Å². The first-order chi connectivity index (χ1) is 3.62. The summed E-state index contributed by atoms with van der Waals surface area (Å²) in [5.74, 6) is 0. The van der Waals surface area contributed by atoms with Crippen molar-refractivity contribution in [3.63, 3.8) is 0 Å². The first kappa shape index (κ1) is 8.10. The quantitative estimate of drug-likeness (QED) is 0.280. The lowest BCUT2D eigenvalue weighted by Gasteiger charge is -1.85. The van der Waals surface area contributed by atoms with Gasteiger partial charge in [0.25, 0.3) is 0 Å². The maximum Gasteiger partial charge on any atom is 0.346 e. The van der Waals surface area contributed by atoms with Crippen molar-refractivity contribution < 1.29 is 12.0 Å². The third kappa shape index (κ3) is 3.15. The maximum absolute atomic E-state index is 10.0. The summed E-state index contributed by atoms with van der Waals surface area (Å²) in [6.45, 7) is 0. The van der Waals surface area contributed by atoms with Crippen LogP contribution in [0.4, 0.5) is 0 Å². The Morgan fingerprint density at radius 2 is 2.25 bits per heavy atom. The van der Waals surface area contributed by atoms with Crippen LogP contribution >= 0.6 is 23.7 Å². The molecule has 0 aliphatic carbocycles. The maximum atomic E-state index is 10.0. The summed E-state index contributed by atoms with van der Waals surface area (Å²) < 4.78 is 23.7. The van der Waals surface area contributed by atoms with Crippen molar-refractivity contribution >= 4 is 32.9 Å². The average molecular weight is 171 g/mol. The fourth-order valence-corrected chi connectivity index (χ4v) is 0.822. The van der Waals surface area contributed by atoms with Crippen molar-refractivity contribution in [2.75, 3.05) is 0 Å². The highest BCUT2D eigenvalue weighted by Gasteiger charge is 2.07. The van der Waals surface area contributed by atoms with E-state index < -0.39 is 9.15 Å². The normalized spacial score (nSPS) is 10.5. The molecule has 0 saturated heterocycles. The molecule has 0 heterocycles. The van der Waals surface area contributed by atoms with Gasteiger partial charge < -0.3 is 0 Å². The van der Waals surface area contributed by atoms with Crippen molar-refractivity contribution in [3.8, 4) is 5.40 Å². The molecule has 0 spiro atoms. The van der Waals surface area contributed by atoms with Gasteiger partial charge in [-0.2, -0.15) is 17.3 Å². The van der Waals surface area contributed by atoms with E-state index in [2.05, 4.69) is 16.5 Å². The first-order valence-corrected chi connectivity index (χ1v) is 4.38. The Bertz CT molecular complexity index is 187. The second kappa shape index (κ2) is 3.19. The number of nitriles is 1. The van der Waals surface area contributed by atoms with E-state index in [-0.39, 0.29) is 10.8 Å². The predicted molar refractivity (Wildman–Crippen MR) is 32.2 cm³/mol. The highest BCUT2D eigenvalue weighted by molar-refractivity contribution is 8.72. The Labute approximate surface area is 56.0 Å². The molecule has 8 heavy (non-hydrogen) atoms. The van der Waals surface area contributed by atoms with E-state index in [0.29, 0.717) is 0 Å². The van der Waals surface area contributed by atoms with Gasteiger partial charge in [0.15, 0.2) is 5.40 Å². The lowest BCUT2D eigenvalue weighted by molar-refractivity contribution is 0.541. The number of thiol groups is 1. The second-order valence-electron chi connectivity index (χ2n) is 0.657. The molecular formula is CHNO3S3. The number of thiocyanates is 1. The Hall–Kier alpha value is 0.1000. The summed E-state index contributed by atoms with van der Waals surface area (Å²) in [5.41, 5.74) is 0. The van der Waals surface area contributed by atoms with Gasteiger partial charge in [0.2, 0.25) is 0 Å². The minimum atomic E-state index is -3.75. The largest absolute Gasteiger partial charge is 0.346 e. The van der Waals surface area contributed by atoms with E-state index >= 15 is 0 Å². The van der Waals surface area contributed by atoms with Crippen LogP contribution in [0.15, 0.2) is 0 Å². The van der Waals surface area contributed by atoms with Gasteiger partial charge in [-0.25, -0.2) is 0 Å². The van der Waals surface area contributed by atoms with Crippen LogP contribution in [0.5, 0.6) is 0 Å². The zero-order valence-electron chi connectivity index (χ0n) is 3.44. The fourth-order valence-electron chi connectivity index (χ4n) is 0.0609. The van der Waals surface area contributed by atoms with Crippen LogP contribution in [0, 0.1) is 10.7 Å². The Morgan fingerprint density at radius 1 is 1.75 bits per heavy atom. The lowest BCUT2D eigenvalue weighted by atomic mass is 11.8. The van der Waals surface area contributed by atoms with Crippen LogP contribution in [0.25, 0.3) is 0 Å². The molecule has 0 atom stereocenters. The number of hydrogen-bond acceptors (Lipinski definition) is 6. The molecule has 0 aromatic carbocycles. The number of hydrogen-bond donors (Lipinski definition) is 1. The van der Waals surface area contributed by atoms with Gasteiger partial charge in [-0.3, -0.25) is 0 Å². The SMILES string of the molecule is N#CSS(=O)(=O)OS. The molecule has 0 bridgehead atoms. The molecule has 0 fully saturated rings. The van der Waals surface area contributed by atoms with Crippen molar-refractivity contribution in [3.05, 3.63) is 0 Å². The molecule has 4 nitrogen and oxygen atoms in total. The highest BCUT2D eigenvalue weighted by atomic mass is 33.2. The minimum absolute atomic E-state index is 0.0127. The van der Waals surface area contributed by atoms with E-state index in [1.54, 1.807) is 0 Å². The van der Waals surface area contributed by atoms with Crippen molar-refractivity contribution in [2.45, 2.75) is 0 Å². The zero-order valence-corrected chi connectivity index (χ0v) is 5.96. The Balaban J connectivity index is 4.01.